The number of amides is 1. The van der Waals surface area contributed by atoms with Crippen molar-refractivity contribution in [2.75, 3.05) is 13.1 Å². The summed E-state index contributed by atoms with van der Waals surface area (Å²) in [4.78, 5) is 20.6. The minimum atomic E-state index is -0.172. The largest absolute Gasteiger partial charge is 0.350 e. The second-order valence-electron chi connectivity index (χ2n) is 5.47. The Labute approximate surface area is 130 Å². The minimum Gasteiger partial charge on any atom is -0.350 e. The van der Waals surface area contributed by atoms with E-state index < -0.39 is 0 Å². The van der Waals surface area contributed by atoms with E-state index in [9.17, 15) is 4.79 Å². The third-order valence-electron chi connectivity index (χ3n) is 3.86. The third-order valence-corrected chi connectivity index (χ3v) is 3.86. The SMILES string of the molecule is O=C(NCCc1ccccc1)c1cnc(C2CCCN2)cn1. The Kier molecular flexibility index (Phi) is 4.75. The van der Waals surface area contributed by atoms with Crippen LogP contribution in [0.5, 0.6) is 0 Å². The summed E-state index contributed by atoms with van der Waals surface area (Å²) in [5.41, 5.74) is 2.49. The molecule has 0 aliphatic carbocycles. The van der Waals surface area contributed by atoms with Crippen molar-refractivity contribution in [2.24, 2.45) is 0 Å². The fraction of sp³-hybridized carbons (Fsp3) is 0.353. The Bertz CT molecular complexity index is 606. The summed E-state index contributed by atoms with van der Waals surface area (Å²) in [5, 5.41) is 6.25. The van der Waals surface area contributed by atoms with E-state index in [0.29, 0.717) is 12.2 Å². The molecule has 1 saturated heterocycles. The molecule has 1 aromatic heterocycles. The molecule has 0 radical (unpaired) electrons. The summed E-state index contributed by atoms with van der Waals surface area (Å²) in [7, 11) is 0. The molecule has 0 spiro atoms. The standard InChI is InChI=1S/C17H20N4O/c22-17(19-10-8-13-5-2-1-3-6-13)16-12-20-15(11-21-16)14-7-4-9-18-14/h1-3,5-6,11-12,14,18H,4,7-10H2,(H,19,22). The second kappa shape index (κ2) is 7.13. The van der Waals surface area contributed by atoms with Crippen LogP contribution < -0.4 is 10.6 Å². The van der Waals surface area contributed by atoms with Gasteiger partial charge in [-0.1, -0.05) is 30.3 Å². The van der Waals surface area contributed by atoms with Crippen molar-refractivity contribution >= 4 is 5.91 Å². The predicted molar refractivity (Wildman–Crippen MR) is 84.5 cm³/mol. The minimum absolute atomic E-state index is 0.172. The number of nitrogens with zero attached hydrogens (tertiary/aromatic N) is 2. The van der Waals surface area contributed by atoms with Gasteiger partial charge in [-0.3, -0.25) is 9.78 Å². The van der Waals surface area contributed by atoms with Crippen molar-refractivity contribution in [1.82, 2.24) is 20.6 Å². The highest BCUT2D eigenvalue weighted by atomic mass is 16.1. The van der Waals surface area contributed by atoms with E-state index in [1.165, 1.54) is 5.56 Å². The van der Waals surface area contributed by atoms with Crippen LogP contribution in [-0.2, 0) is 6.42 Å². The van der Waals surface area contributed by atoms with Crippen LogP contribution in [-0.4, -0.2) is 29.0 Å². The number of hydrogen-bond acceptors (Lipinski definition) is 4. The highest BCUT2D eigenvalue weighted by Gasteiger charge is 2.18. The zero-order valence-electron chi connectivity index (χ0n) is 12.5. The van der Waals surface area contributed by atoms with Gasteiger partial charge in [0.15, 0.2) is 0 Å². The molecule has 1 aliphatic heterocycles. The zero-order chi connectivity index (χ0) is 15.2. The van der Waals surface area contributed by atoms with Crippen LogP contribution in [0.4, 0.5) is 0 Å². The second-order valence-corrected chi connectivity index (χ2v) is 5.47. The van der Waals surface area contributed by atoms with E-state index in [-0.39, 0.29) is 11.9 Å². The van der Waals surface area contributed by atoms with Crippen molar-refractivity contribution in [3.63, 3.8) is 0 Å². The van der Waals surface area contributed by atoms with Gasteiger partial charge < -0.3 is 10.6 Å². The van der Waals surface area contributed by atoms with Crippen LogP contribution in [0.15, 0.2) is 42.7 Å². The number of aromatic nitrogens is 2. The molecule has 1 aliphatic rings. The van der Waals surface area contributed by atoms with Gasteiger partial charge in [0.1, 0.15) is 5.69 Å². The molecule has 0 bridgehead atoms. The van der Waals surface area contributed by atoms with Crippen LogP contribution >= 0.6 is 0 Å². The first kappa shape index (κ1) is 14.7. The fourth-order valence-electron chi connectivity index (χ4n) is 2.63. The summed E-state index contributed by atoms with van der Waals surface area (Å²) in [6.07, 6.45) is 6.32. The number of benzene rings is 1. The predicted octanol–water partition coefficient (Wildman–Crippen LogP) is 1.87. The van der Waals surface area contributed by atoms with Crippen LogP contribution in [0, 0.1) is 0 Å². The van der Waals surface area contributed by atoms with E-state index in [2.05, 4.69) is 32.7 Å². The molecule has 1 aromatic carbocycles. The van der Waals surface area contributed by atoms with Gasteiger partial charge in [0.05, 0.1) is 24.1 Å². The van der Waals surface area contributed by atoms with E-state index in [1.54, 1.807) is 12.4 Å². The number of carbonyl (C=O) groups is 1. The molecule has 5 heteroatoms. The lowest BCUT2D eigenvalue weighted by Gasteiger charge is -2.09. The molecule has 1 amide bonds. The Balaban J connectivity index is 1.51. The molecule has 114 valence electrons. The molecule has 5 nitrogen and oxygen atoms in total. The van der Waals surface area contributed by atoms with E-state index in [4.69, 9.17) is 0 Å². The maximum absolute atomic E-state index is 12.0. The summed E-state index contributed by atoms with van der Waals surface area (Å²) in [6.45, 7) is 1.62. The molecule has 3 rings (SSSR count). The average Bonchev–Trinajstić information content (AvgIpc) is 3.10. The van der Waals surface area contributed by atoms with Crippen LogP contribution in [0.2, 0.25) is 0 Å². The normalized spacial score (nSPS) is 17.4. The number of carbonyl (C=O) groups excluding carboxylic acids is 1. The van der Waals surface area contributed by atoms with Gasteiger partial charge in [-0.15, -0.1) is 0 Å². The smallest absolute Gasteiger partial charge is 0.271 e. The van der Waals surface area contributed by atoms with Gasteiger partial charge in [0, 0.05) is 6.54 Å². The molecular weight excluding hydrogens is 276 g/mol. The maximum Gasteiger partial charge on any atom is 0.271 e. The quantitative estimate of drug-likeness (QED) is 0.884. The van der Waals surface area contributed by atoms with Gasteiger partial charge in [-0.05, 0) is 31.4 Å². The fourth-order valence-corrected chi connectivity index (χ4v) is 2.63. The topological polar surface area (TPSA) is 66.9 Å². The Morgan fingerprint density at radius 3 is 2.77 bits per heavy atom. The molecule has 0 saturated carbocycles. The first-order chi connectivity index (χ1) is 10.8. The monoisotopic (exact) mass is 296 g/mol. The van der Waals surface area contributed by atoms with Crippen molar-refractivity contribution < 1.29 is 4.79 Å². The molecule has 2 heterocycles. The van der Waals surface area contributed by atoms with Crippen molar-refractivity contribution in [3.05, 3.63) is 59.7 Å². The lowest BCUT2D eigenvalue weighted by molar-refractivity contribution is 0.0948. The van der Waals surface area contributed by atoms with Crippen LogP contribution in [0.3, 0.4) is 0 Å². The van der Waals surface area contributed by atoms with Gasteiger partial charge in [-0.25, -0.2) is 4.98 Å². The number of hydrogen-bond donors (Lipinski definition) is 2. The number of nitrogens with one attached hydrogen (secondary N) is 2. The first-order valence-electron chi connectivity index (χ1n) is 7.70. The van der Waals surface area contributed by atoms with E-state index in [0.717, 1.165) is 31.5 Å². The summed E-state index contributed by atoms with van der Waals surface area (Å²) >= 11 is 0. The molecular formula is C17H20N4O. The number of rotatable bonds is 5. The molecule has 22 heavy (non-hydrogen) atoms. The molecule has 1 unspecified atom stereocenters. The van der Waals surface area contributed by atoms with Gasteiger partial charge >= 0.3 is 0 Å². The third kappa shape index (κ3) is 3.68. The highest BCUT2D eigenvalue weighted by molar-refractivity contribution is 5.91. The van der Waals surface area contributed by atoms with Gasteiger partial charge in [0.25, 0.3) is 5.91 Å². The van der Waals surface area contributed by atoms with Crippen molar-refractivity contribution in [3.8, 4) is 0 Å². The molecule has 2 N–H and O–H groups in total. The summed E-state index contributed by atoms with van der Waals surface area (Å²) in [6, 6.07) is 10.4. The lowest BCUT2D eigenvalue weighted by Crippen LogP contribution is -2.27. The maximum atomic E-state index is 12.0. The van der Waals surface area contributed by atoms with Crippen LogP contribution in [0.25, 0.3) is 0 Å². The van der Waals surface area contributed by atoms with Crippen molar-refractivity contribution in [2.45, 2.75) is 25.3 Å². The summed E-state index contributed by atoms with van der Waals surface area (Å²) in [5.74, 6) is -0.172. The molecule has 1 fully saturated rings. The molecule has 2 aromatic rings. The average molecular weight is 296 g/mol. The Morgan fingerprint density at radius 2 is 2.09 bits per heavy atom. The van der Waals surface area contributed by atoms with E-state index in [1.807, 2.05) is 18.2 Å². The first-order valence-corrected chi connectivity index (χ1v) is 7.70. The summed E-state index contributed by atoms with van der Waals surface area (Å²) < 4.78 is 0. The molecule has 1 atom stereocenters. The van der Waals surface area contributed by atoms with E-state index >= 15 is 0 Å². The highest BCUT2D eigenvalue weighted by Crippen LogP contribution is 2.20. The zero-order valence-corrected chi connectivity index (χ0v) is 12.5. The van der Waals surface area contributed by atoms with Gasteiger partial charge in [-0.2, -0.15) is 0 Å². The Hall–Kier alpha value is -2.27. The van der Waals surface area contributed by atoms with Gasteiger partial charge in [0.2, 0.25) is 0 Å². The van der Waals surface area contributed by atoms with Crippen molar-refractivity contribution in [1.29, 1.82) is 0 Å². The Morgan fingerprint density at radius 1 is 1.23 bits per heavy atom. The van der Waals surface area contributed by atoms with Crippen LogP contribution in [0.1, 0.15) is 40.6 Å². The lowest BCUT2D eigenvalue weighted by atomic mass is 10.1.